The molecule has 408 valence electrons. The molecule has 0 aromatic heterocycles. The largest absolute Gasteiger partial charge is 0.457 e. The summed E-state index contributed by atoms with van der Waals surface area (Å²) in [5.41, 5.74) is 5.18. The normalized spacial score (nSPS) is 13.2. The zero-order chi connectivity index (χ0) is 57.4. The van der Waals surface area contributed by atoms with E-state index >= 15 is 19.2 Å². The highest BCUT2D eigenvalue weighted by Crippen LogP contribution is 2.58. The number of nitrogens with zero attached hydrogens (tertiary/aromatic N) is 2. The molecule has 0 saturated heterocycles. The summed E-state index contributed by atoms with van der Waals surface area (Å²) < 4.78 is 28.6. The predicted octanol–water partition coefficient (Wildman–Crippen LogP) is 18.7. The summed E-state index contributed by atoms with van der Waals surface area (Å²) in [6.07, 6.45) is 2.77. The van der Waals surface area contributed by atoms with Gasteiger partial charge in [0.2, 0.25) is 0 Å². The van der Waals surface area contributed by atoms with E-state index in [0.29, 0.717) is 90.3 Å². The highest BCUT2D eigenvalue weighted by molar-refractivity contribution is 6.48. The van der Waals surface area contributed by atoms with Gasteiger partial charge < -0.3 is 18.9 Å². The molecule has 0 radical (unpaired) electrons. The summed E-state index contributed by atoms with van der Waals surface area (Å²) in [6, 6.07) is 55.8. The number of allylic oxidation sites excluding steroid dienone is 1. The van der Waals surface area contributed by atoms with Crippen molar-refractivity contribution in [2.24, 2.45) is 5.92 Å². The predicted molar refractivity (Wildman–Crippen MR) is 330 cm³/mol. The fourth-order valence-corrected chi connectivity index (χ4v) is 12.3. The summed E-state index contributed by atoms with van der Waals surface area (Å²) in [6.45, 7) is 16.5. The van der Waals surface area contributed by atoms with Crippen LogP contribution in [0.5, 0.6) is 46.0 Å². The molecule has 0 atom stereocenters. The summed E-state index contributed by atoms with van der Waals surface area (Å²) in [7, 11) is 0. The van der Waals surface area contributed by atoms with Gasteiger partial charge in [0.25, 0.3) is 23.6 Å². The third-order valence-corrected chi connectivity index (χ3v) is 15.8. The number of anilines is 2. The second kappa shape index (κ2) is 20.8. The molecule has 4 amide bonds. The number of imide groups is 2. The van der Waals surface area contributed by atoms with Gasteiger partial charge in [-0.25, -0.2) is 9.80 Å². The van der Waals surface area contributed by atoms with Crippen molar-refractivity contribution in [3.05, 3.63) is 239 Å². The Kier molecular flexibility index (Phi) is 13.1. The van der Waals surface area contributed by atoms with Crippen LogP contribution in [0.15, 0.2) is 195 Å². The van der Waals surface area contributed by atoms with Gasteiger partial charge in [-0.1, -0.05) is 157 Å². The van der Waals surface area contributed by atoms with Gasteiger partial charge in [-0.2, -0.15) is 0 Å². The summed E-state index contributed by atoms with van der Waals surface area (Å²) in [5, 5.41) is 3.35. The number of ether oxygens (including phenoxy) is 4. The summed E-state index contributed by atoms with van der Waals surface area (Å²) in [4.78, 5) is 67.1. The van der Waals surface area contributed by atoms with Crippen molar-refractivity contribution in [2.45, 2.75) is 66.2 Å². The van der Waals surface area contributed by atoms with Gasteiger partial charge in [0.05, 0.1) is 33.6 Å². The molecule has 11 aromatic rings. The molecular weight excluding hydrogens is 1030 g/mol. The van der Waals surface area contributed by atoms with E-state index in [4.69, 9.17) is 18.9 Å². The SMILES string of the molecule is C=CCc1cccc(C(C)C)c1N1C(=O)c2cc(Oc3ccccc3)c3c4c(Oc5ccccc5)cc5c6c(cc(Oc7ccccc7)c(c7c(Oc8ccccc8)cc(c2c37)C1=O)c64)C(=O)N(c1c(CC(C)C)cccc1C(C)C)C5=O. The molecule has 0 bridgehead atoms. The molecule has 2 heterocycles. The molecule has 10 heteroatoms. The smallest absolute Gasteiger partial charge is 0.266 e. The third kappa shape index (κ3) is 8.72. The molecule has 0 saturated carbocycles. The number of hydrogen-bond donors (Lipinski definition) is 0. The van der Waals surface area contributed by atoms with E-state index < -0.39 is 23.6 Å². The van der Waals surface area contributed by atoms with Gasteiger partial charge >= 0.3 is 0 Å². The van der Waals surface area contributed by atoms with Crippen LogP contribution in [-0.2, 0) is 12.8 Å². The number of rotatable bonds is 16. The highest BCUT2D eigenvalue weighted by atomic mass is 16.5. The number of amides is 4. The molecule has 0 aliphatic carbocycles. The Balaban J connectivity index is 1.25. The average Bonchev–Trinajstić information content (AvgIpc) is 0.771. The van der Waals surface area contributed by atoms with Crippen LogP contribution >= 0.6 is 0 Å². The minimum atomic E-state index is -0.555. The van der Waals surface area contributed by atoms with Crippen LogP contribution in [0.25, 0.3) is 43.1 Å². The lowest BCUT2D eigenvalue weighted by atomic mass is 9.80. The maximum absolute atomic E-state index is 16.2. The Morgan fingerprint density at radius 2 is 0.675 bits per heavy atom. The Hall–Kier alpha value is -10.1. The second-order valence-electron chi connectivity index (χ2n) is 22.4. The first-order chi connectivity index (χ1) is 40.3. The Bertz CT molecular complexity index is 4250. The average molecular weight is 1090 g/mol. The van der Waals surface area contributed by atoms with Gasteiger partial charge in [-0.15, -0.1) is 6.58 Å². The van der Waals surface area contributed by atoms with Gasteiger partial charge in [0.15, 0.2) is 0 Å². The van der Waals surface area contributed by atoms with Gasteiger partial charge in [-0.3, -0.25) is 19.2 Å². The standard InChI is InChI=1S/C73H58N2O8/c1-8-23-44-24-21-34-50(42(4)5)68(44)74-70(76)52-37-56(80-46-26-13-9-14-27-46)62-64-58(82-48-30-17-11-18-31-48)39-54-61-55(73(79)75(72(54)78)69-45(36-41(2)3)25-22-35-51(69)43(6)7)40-59(83-49-32-19-12-20-33-49)65(67(61)64)63-57(81-47-28-15-10-16-29-47)38-53(71(74)77)60(52)66(62)63/h8-22,24-35,37-43H,1,23,36H2,2-7H3. The fourth-order valence-electron chi connectivity index (χ4n) is 12.3. The maximum Gasteiger partial charge on any atom is 0.266 e. The van der Waals surface area contributed by atoms with Gasteiger partial charge in [0, 0.05) is 43.1 Å². The highest BCUT2D eigenvalue weighted by Gasteiger charge is 2.44. The molecule has 2 aliphatic rings. The Morgan fingerprint density at radius 1 is 0.373 bits per heavy atom. The van der Waals surface area contributed by atoms with Crippen molar-refractivity contribution >= 4 is 78.1 Å². The van der Waals surface area contributed by atoms with Crippen LogP contribution in [0.2, 0.25) is 0 Å². The van der Waals surface area contributed by atoms with Crippen LogP contribution in [-0.4, -0.2) is 23.6 Å². The quantitative estimate of drug-likeness (QED) is 0.0407. The molecule has 13 rings (SSSR count). The van der Waals surface area contributed by atoms with Crippen molar-refractivity contribution in [1.29, 1.82) is 0 Å². The minimum absolute atomic E-state index is 0.0573. The van der Waals surface area contributed by atoms with Crippen molar-refractivity contribution in [3.63, 3.8) is 0 Å². The van der Waals surface area contributed by atoms with Gasteiger partial charge in [-0.05, 0) is 126 Å². The monoisotopic (exact) mass is 1090 g/mol. The number of fused-ring (bicyclic) bond motifs is 2. The van der Waals surface area contributed by atoms with E-state index in [1.54, 1.807) is 30.3 Å². The molecule has 0 spiro atoms. The van der Waals surface area contributed by atoms with Crippen LogP contribution in [0.1, 0.15) is 117 Å². The van der Waals surface area contributed by atoms with Crippen LogP contribution in [0.4, 0.5) is 11.4 Å². The lowest BCUT2D eigenvalue weighted by Crippen LogP contribution is -2.42. The minimum Gasteiger partial charge on any atom is -0.457 e. The fraction of sp³-hybridized carbons (Fsp3) is 0.151. The second-order valence-corrected chi connectivity index (χ2v) is 22.4. The lowest BCUT2D eigenvalue weighted by molar-refractivity contribution is 0.0877. The maximum atomic E-state index is 16.2. The summed E-state index contributed by atoms with van der Waals surface area (Å²) in [5.74, 6) is 0.694. The first-order valence-electron chi connectivity index (χ1n) is 28.2. The molecule has 11 aromatic carbocycles. The summed E-state index contributed by atoms with van der Waals surface area (Å²) >= 11 is 0. The topological polar surface area (TPSA) is 112 Å². The third-order valence-electron chi connectivity index (χ3n) is 15.8. The van der Waals surface area contributed by atoms with Crippen molar-refractivity contribution in [3.8, 4) is 46.0 Å². The molecular formula is C73H58N2O8. The van der Waals surface area contributed by atoms with Crippen molar-refractivity contribution in [2.75, 3.05) is 9.80 Å². The zero-order valence-electron chi connectivity index (χ0n) is 46.9. The van der Waals surface area contributed by atoms with E-state index in [-0.39, 0.29) is 63.0 Å². The van der Waals surface area contributed by atoms with E-state index in [9.17, 15) is 0 Å². The van der Waals surface area contributed by atoms with Crippen LogP contribution in [0, 0.1) is 5.92 Å². The van der Waals surface area contributed by atoms with E-state index in [2.05, 4.69) is 34.3 Å². The zero-order valence-corrected chi connectivity index (χ0v) is 46.9. The van der Waals surface area contributed by atoms with Crippen molar-refractivity contribution < 1.29 is 38.1 Å². The van der Waals surface area contributed by atoms with Gasteiger partial charge in [0.1, 0.15) is 46.0 Å². The molecule has 10 nitrogen and oxygen atoms in total. The Morgan fingerprint density at radius 3 is 0.964 bits per heavy atom. The first kappa shape index (κ1) is 52.3. The number of hydrogen-bond acceptors (Lipinski definition) is 8. The first-order valence-corrected chi connectivity index (χ1v) is 28.2. The van der Waals surface area contributed by atoms with E-state index in [0.717, 1.165) is 22.3 Å². The lowest BCUT2D eigenvalue weighted by Gasteiger charge is -2.34. The number of carbonyl (C=O) groups is 4. The molecule has 83 heavy (non-hydrogen) atoms. The Labute approximate surface area is 481 Å². The molecule has 0 unspecified atom stereocenters. The molecule has 2 aliphatic heterocycles. The number of benzene rings is 11. The molecule has 0 N–H and O–H groups in total. The van der Waals surface area contributed by atoms with Crippen LogP contribution < -0.4 is 28.7 Å². The molecule has 0 fully saturated rings. The van der Waals surface area contributed by atoms with E-state index in [1.807, 2.05) is 172 Å². The van der Waals surface area contributed by atoms with E-state index in [1.165, 1.54) is 9.80 Å². The number of carbonyl (C=O) groups excluding carboxylic acids is 4. The number of para-hydroxylation sites is 6. The van der Waals surface area contributed by atoms with Crippen molar-refractivity contribution in [1.82, 2.24) is 0 Å². The van der Waals surface area contributed by atoms with Crippen LogP contribution in [0.3, 0.4) is 0 Å².